The summed E-state index contributed by atoms with van der Waals surface area (Å²) < 4.78 is 26.4. The van der Waals surface area contributed by atoms with Crippen LogP contribution in [0.25, 0.3) is 22.4 Å². The quantitative estimate of drug-likeness (QED) is 0.166. The van der Waals surface area contributed by atoms with E-state index in [2.05, 4.69) is 53.3 Å². The van der Waals surface area contributed by atoms with Crippen LogP contribution in [0.5, 0.6) is 0 Å². The number of nitrogens with one attached hydrogen (secondary N) is 2. The van der Waals surface area contributed by atoms with Gasteiger partial charge in [0.1, 0.15) is 5.82 Å². The Morgan fingerprint density at radius 2 is 1.60 bits per heavy atom. The number of aryl methyl sites for hydroxylation is 1. The third-order valence-corrected chi connectivity index (χ3v) is 10.8. The number of hydrogen-bond donors (Lipinski definition) is 2. The lowest BCUT2D eigenvalue weighted by molar-refractivity contribution is -0.115. The lowest BCUT2D eigenvalue weighted by atomic mass is 10.0. The first kappa shape index (κ1) is 32.2. The number of sulfone groups is 1. The number of benzene rings is 4. The fourth-order valence-electron chi connectivity index (χ4n) is 6.24. The second kappa shape index (κ2) is 13.5. The molecule has 1 atom stereocenters. The van der Waals surface area contributed by atoms with Crippen molar-refractivity contribution in [1.82, 2.24) is 14.9 Å². The summed E-state index contributed by atoms with van der Waals surface area (Å²) in [6.07, 6.45) is 4.47. The number of fused-ring (bicyclic) bond motifs is 1. The molecule has 47 heavy (non-hydrogen) atoms. The van der Waals surface area contributed by atoms with Gasteiger partial charge in [0.05, 0.1) is 34.1 Å². The van der Waals surface area contributed by atoms with Crippen LogP contribution < -0.4 is 10.6 Å². The Morgan fingerprint density at radius 3 is 2.26 bits per heavy atom. The van der Waals surface area contributed by atoms with E-state index in [0.29, 0.717) is 11.3 Å². The van der Waals surface area contributed by atoms with Gasteiger partial charge in [-0.15, -0.1) is 0 Å². The monoisotopic (exact) mass is 648 g/mol. The molecule has 1 aliphatic rings. The van der Waals surface area contributed by atoms with Crippen LogP contribution in [0.15, 0.2) is 95.9 Å². The smallest absolute Gasteiger partial charge is 0.251 e. The summed E-state index contributed by atoms with van der Waals surface area (Å²) in [5.41, 5.74) is 6.85. The molecule has 1 aromatic heterocycles. The zero-order chi connectivity index (χ0) is 33.1. The minimum Gasteiger partial charge on any atom is -0.349 e. The zero-order valence-corrected chi connectivity index (χ0v) is 27.8. The molecule has 2 N–H and O–H groups in total. The van der Waals surface area contributed by atoms with Gasteiger partial charge in [0, 0.05) is 22.9 Å². The van der Waals surface area contributed by atoms with Gasteiger partial charge in [-0.2, -0.15) is 0 Å². The molecular weight excluding hydrogens is 609 g/mol. The molecule has 1 fully saturated rings. The standard InChI is InChI=1S/C38H40N4O4S/c1-4-47(45,46)33-20-11-27(12-21-33)23-36(43)39-32-18-15-29(16-19-32)37-41-34-22-17-30(38(44)40-31-7-5-6-8-31)24-35(34)42(37)26(3)28-13-9-25(2)10-14-28/h9-22,24,26,31H,4-8,23H2,1-3H3,(H,39,43)(H,40,44). The van der Waals surface area contributed by atoms with E-state index in [1.54, 1.807) is 31.2 Å². The highest BCUT2D eigenvalue weighted by Gasteiger charge is 2.22. The van der Waals surface area contributed by atoms with Gasteiger partial charge < -0.3 is 15.2 Å². The minimum atomic E-state index is -3.29. The number of nitrogens with zero attached hydrogens (tertiary/aromatic N) is 2. The molecule has 242 valence electrons. The molecule has 0 radical (unpaired) electrons. The number of rotatable bonds is 10. The molecule has 0 aliphatic heterocycles. The zero-order valence-electron chi connectivity index (χ0n) is 27.0. The van der Waals surface area contributed by atoms with Crippen molar-refractivity contribution in [3.05, 3.63) is 113 Å². The van der Waals surface area contributed by atoms with Crippen molar-refractivity contribution in [3.63, 3.8) is 0 Å². The number of anilines is 1. The van der Waals surface area contributed by atoms with Crippen LogP contribution in [0.1, 0.15) is 72.6 Å². The highest BCUT2D eigenvalue weighted by atomic mass is 32.2. The Morgan fingerprint density at radius 1 is 0.915 bits per heavy atom. The summed E-state index contributed by atoms with van der Waals surface area (Å²) in [7, 11) is -3.29. The van der Waals surface area contributed by atoms with Crippen LogP contribution in [-0.2, 0) is 21.1 Å². The Kier molecular flexibility index (Phi) is 9.27. The minimum absolute atomic E-state index is 0.0303. The number of carbonyl (C=O) groups excluding carboxylic acids is 2. The fourth-order valence-corrected chi connectivity index (χ4v) is 7.12. The predicted octanol–water partition coefficient (Wildman–Crippen LogP) is 7.27. The largest absolute Gasteiger partial charge is 0.349 e. The van der Waals surface area contributed by atoms with Crippen molar-refractivity contribution in [1.29, 1.82) is 0 Å². The molecule has 6 rings (SSSR count). The van der Waals surface area contributed by atoms with Crippen LogP contribution in [0.3, 0.4) is 0 Å². The van der Waals surface area contributed by atoms with E-state index in [9.17, 15) is 18.0 Å². The molecule has 1 unspecified atom stereocenters. The van der Waals surface area contributed by atoms with Gasteiger partial charge >= 0.3 is 0 Å². The average molecular weight is 649 g/mol. The highest BCUT2D eigenvalue weighted by Crippen LogP contribution is 2.33. The first-order valence-electron chi connectivity index (χ1n) is 16.2. The third kappa shape index (κ3) is 7.15. The Labute approximate surface area is 276 Å². The van der Waals surface area contributed by atoms with Gasteiger partial charge in [0.15, 0.2) is 9.84 Å². The van der Waals surface area contributed by atoms with Gasteiger partial charge in [0.25, 0.3) is 5.91 Å². The van der Waals surface area contributed by atoms with E-state index in [-0.39, 0.29) is 41.0 Å². The SMILES string of the molecule is CCS(=O)(=O)c1ccc(CC(=O)Nc2ccc(-c3nc4ccc(C(=O)NC5CCCC5)cc4n3C(C)c3ccc(C)cc3)cc2)cc1. The Hall–Kier alpha value is -4.76. The molecule has 8 nitrogen and oxygen atoms in total. The summed E-state index contributed by atoms with van der Waals surface area (Å²) in [5, 5.41) is 6.15. The molecule has 1 saturated carbocycles. The van der Waals surface area contributed by atoms with Crippen LogP contribution in [-0.4, -0.2) is 41.6 Å². The van der Waals surface area contributed by atoms with Crippen LogP contribution in [0, 0.1) is 6.92 Å². The van der Waals surface area contributed by atoms with Crippen LogP contribution in [0.2, 0.25) is 0 Å². The van der Waals surface area contributed by atoms with E-state index >= 15 is 0 Å². The number of carbonyl (C=O) groups is 2. The second-order valence-corrected chi connectivity index (χ2v) is 14.7. The maximum Gasteiger partial charge on any atom is 0.251 e. The van der Waals surface area contributed by atoms with Gasteiger partial charge in [-0.05, 0) is 92.4 Å². The van der Waals surface area contributed by atoms with Crippen molar-refractivity contribution in [2.24, 2.45) is 0 Å². The lowest BCUT2D eigenvalue weighted by Crippen LogP contribution is -2.32. The first-order valence-corrected chi connectivity index (χ1v) is 17.9. The van der Waals surface area contributed by atoms with E-state index in [4.69, 9.17) is 4.98 Å². The van der Waals surface area contributed by atoms with Crippen molar-refractivity contribution >= 4 is 38.4 Å². The number of amides is 2. The van der Waals surface area contributed by atoms with Gasteiger partial charge in [-0.25, -0.2) is 13.4 Å². The molecule has 9 heteroatoms. The van der Waals surface area contributed by atoms with Crippen LogP contribution >= 0.6 is 0 Å². The molecule has 5 aromatic rings. The number of imidazole rings is 1. The van der Waals surface area contributed by atoms with E-state index < -0.39 is 9.84 Å². The summed E-state index contributed by atoms with van der Waals surface area (Å²) >= 11 is 0. The molecule has 2 amide bonds. The van der Waals surface area contributed by atoms with Crippen molar-refractivity contribution in [2.75, 3.05) is 11.1 Å². The molecule has 1 heterocycles. The number of aromatic nitrogens is 2. The van der Waals surface area contributed by atoms with Crippen molar-refractivity contribution in [3.8, 4) is 11.4 Å². The maximum atomic E-state index is 13.2. The number of hydrogen-bond acceptors (Lipinski definition) is 5. The summed E-state index contributed by atoms with van der Waals surface area (Å²) in [5.74, 6) is 0.537. The molecule has 1 aliphatic carbocycles. The average Bonchev–Trinajstić information content (AvgIpc) is 3.73. The topological polar surface area (TPSA) is 110 Å². The maximum absolute atomic E-state index is 13.2. The highest BCUT2D eigenvalue weighted by molar-refractivity contribution is 7.91. The molecule has 0 saturated heterocycles. The molecule has 4 aromatic carbocycles. The van der Waals surface area contributed by atoms with E-state index in [1.807, 2.05) is 42.5 Å². The summed E-state index contributed by atoms with van der Waals surface area (Å²) in [6, 6.07) is 28.3. The van der Waals surface area contributed by atoms with Gasteiger partial charge in [0.2, 0.25) is 5.91 Å². The van der Waals surface area contributed by atoms with Gasteiger partial charge in [-0.3, -0.25) is 9.59 Å². The molecular formula is C38H40N4O4S. The third-order valence-electron chi connectivity index (χ3n) is 9.04. The van der Waals surface area contributed by atoms with Crippen molar-refractivity contribution < 1.29 is 18.0 Å². The normalized spacial score (nSPS) is 14.3. The lowest BCUT2D eigenvalue weighted by Gasteiger charge is -2.19. The molecule has 0 bridgehead atoms. The second-order valence-electron chi connectivity index (χ2n) is 12.4. The first-order chi connectivity index (χ1) is 22.6. The summed E-state index contributed by atoms with van der Waals surface area (Å²) in [4.78, 5) is 31.3. The summed E-state index contributed by atoms with van der Waals surface area (Å²) in [6.45, 7) is 5.81. The Bertz CT molecular complexity index is 2010. The molecule has 0 spiro atoms. The van der Waals surface area contributed by atoms with Gasteiger partial charge in [-0.1, -0.05) is 61.7 Å². The van der Waals surface area contributed by atoms with E-state index in [0.717, 1.165) is 59.2 Å². The van der Waals surface area contributed by atoms with Crippen LogP contribution in [0.4, 0.5) is 5.69 Å². The van der Waals surface area contributed by atoms with Crippen molar-refractivity contribution in [2.45, 2.75) is 69.9 Å². The fraction of sp³-hybridized carbons (Fsp3) is 0.289. The predicted molar refractivity (Wildman–Crippen MR) is 186 cm³/mol. The van der Waals surface area contributed by atoms with E-state index in [1.165, 1.54) is 5.56 Å². The Balaban J connectivity index is 1.26.